The summed E-state index contributed by atoms with van der Waals surface area (Å²) < 4.78 is 7.29. The molecule has 0 amide bonds. The van der Waals surface area contributed by atoms with Crippen LogP contribution in [-0.4, -0.2) is 33.4 Å². The van der Waals surface area contributed by atoms with Crippen molar-refractivity contribution in [3.05, 3.63) is 23.8 Å². The minimum absolute atomic E-state index is 0.583. The highest BCUT2D eigenvalue weighted by atomic mass is 16.5. The molecule has 1 saturated heterocycles. The normalized spacial score (nSPS) is 16.4. The van der Waals surface area contributed by atoms with E-state index in [1.54, 1.807) is 0 Å². The fraction of sp³-hybridized carbons (Fsp3) is 0.500. The Bertz CT molecular complexity index is 589. The van der Waals surface area contributed by atoms with Crippen LogP contribution in [0.15, 0.2) is 18.2 Å². The lowest BCUT2D eigenvalue weighted by molar-refractivity contribution is 0.0601. The van der Waals surface area contributed by atoms with Crippen molar-refractivity contribution in [2.24, 2.45) is 5.92 Å². The molecule has 1 aliphatic rings. The average Bonchev–Trinajstić information content (AvgIpc) is 2.88. The molecular weight excluding hydrogens is 254 g/mol. The Morgan fingerprint density at radius 2 is 2.15 bits per heavy atom. The second kappa shape index (κ2) is 5.58. The van der Waals surface area contributed by atoms with Gasteiger partial charge in [-0.2, -0.15) is 0 Å². The van der Waals surface area contributed by atoms with Crippen LogP contribution in [0.25, 0.3) is 11.4 Å². The number of tetrazole rings is 1. The number of aryl methyl sites for hydroxylation is 1. The van der Waals surface area contributed by atoms with Gasteiger partial charge in [0.15, 0.2) is 5.82 Å². The first-order valence-electron chi connectivity index (χ1n) is 6.94. The van der Waals surface area contributed by atoms with E-state index < -0.39 is 0 Å². The van der Waals surface area contributed by atoms with Crippen molar-refractivity contribution in [3.8, 4) is 11.4 Å². The highest BCUT2D eigenvalue weighted by molar-refractivity contribution is 5.63. The van der Waals surface area contributed by atoms with E-state index in [1.807, 2.05) is 29.8 Å². The molecule has 1 aromatic heterocycles. The second-order valence-corrected chi connectivity index (χ2v) is 5.31. The molecule has 20 heavy (non-hydrogen) atoms. The van der Waals surface area contributed by atoms with E-state index in [-0.39, 0.29) is 0 Å². The van der Waals surface area contributed by atoms with Crippen LogP contribution >= 0.6 is 0 Å². The zero-order valence-electron chi connectivity index (χ0n) is 11.6. The number of benzene rings is 1. The van der Waals surface area contributed by atoms with Crippen LogP contribution in [-0.2, 0) is 11.3 Å². The van der Waals surface area contributed by atoms with Gasteiger partial charge in [-0.25, -0.2) is 4.68 Å². The number of hydrogen-bond acceptors (Lipinski definition) is 5. The van der Waals surface area contributed by atoms with Gasteiger partial charge in [0.05, 0.1) is 0 Å². The number of anilines is 1. The fourth-order valence-electron chi connectivity index (χ4n) is 2.63. The Morgan fingerprint density at radius 3 is 2.90 bits per heavy atom. The van der Waals surface area contributed by atoms with Gasteiger partial charge in [0.2, 0.25) is 0 Å². The first-order chi connectivity index (χ1) is 9.74. The fourth-order valence-corrected chi connectivity index (χ4v) is 2.63. The van der Waals surface area contributed by atoms with Crippen molar-refractivity contribution < 1.29 is 4.74 Å². The third-order valence-electron chi connectivity index (χ3n) is 3.80. The molecule has 0 aliphatic carbocycles. The van der Waals surface area contributed by atoms with Gasteiger partial charge in [0.25, 0.3) is 0 Å². The van der Waals surface area contributed by atoms with E-state index in [9.17, 15) is 0 Å². The average molecular weight is 273 g/mol. The Balaban J connectivity index is 1.85. The quantitative estimate of drug-likeness (QED) is 0.860. The van der Waals surface area contributed by atoms with E-state index in [0.717, 1.165) is 55.2 Å². The molecule has 1 fully saturated rings. The molecule has 6 nitrogen and oxygen atoms in total. The Morgan fingerprint density at radius 1 is 1.35 bits per heavy atom. The third kappa shape index (κ3) is 2.65. The van der Waals surface area contributed by atoms with Gasteiger partial charge in [-0.05, 0) is 59.9 Å². The Labute approximate surface area is 117 Å². The number of nitrogen functional groups attached to an aromatic ring is 1. The van der Waals surface area contributed by atoms with Crippen LogP contribution in [0.3, 0.4) is 0 Å². The minimum Gasteiger partial charge on any atom is -0.399 e. The zero-order valence-corrected chi connectivity index (χ0v) is 11.6. The summed E-state index contributed by atoms with van der Waals surface area (Å²) in [5, 5.41) is 12.1. The van der Waals surface area contributed by atoms with E-state index in [0.29, 0.717) is 5.92 Å². The number of nitrogens with zero attached hydrogens (tertiary/aromatic N) is 4. The molecule has 2 heterocycles. The zero-order chi connectivity index (χ0) is 13.9. The van der Waals surface area contributed by atoms with Gasteiger partial charge in [-0.15, -0.1) is 5.10 Å². The molecule has 1 aromatic carbocycles. The predicted octanol–water partition coefficient (Wildman–Crippen LogP) is 1.66. The van der Waals surface area contributed by atoms with Gasteiger partial charge in [-0.1, -0.05) is 0 Å². The van der Waals surface area contributed by atoms with Crippen molar-refractivity contribution in [3.63, 3.8) is 0 Å². The first-order valence-corrected chi connectivity index (χ1v) is 6.94. The van der Waals surface area contributed by atoms with Crippen LogP contribution in [0.4, 0.5) is 5.69 Å². The maximum atomic E-state index is 5.80. The van der Waals surface area contributed by atoms with Gasteiger partial charge in [0, 0.05) is 31.0 Å². The number of hydrogen-bond donors (Lipinski definition) is 1. The second-order valence-electron chi connectivity index (χ2n) is 5.31. The third-order valence-corrected chi connectivity index (χ3v) is 3.80. The summed E-state index contributed by atoms with van der Waals surface area (Å²) in [7, 11) is 0. The Kier molecular flexibility index (Phi) is 3.64. The van der Waals surface area contributed by atoms with Crippen molar-refractivity contribution in [2.75, 3.05) is 18.9 Å². The van der Waals surface area contributed by atoms with E-state index >= 15 is 0 Å². The molecule has 0 saturated carbocycles. The summed E-state index contributed by atoms with van der Waals surface area (Å²) in [6, 6.07) is 5.81. The van der Waals surface area contributed by atoms with Gasteiger partial charge < -0.3 is 10.5 Å². The summed E-state index contributed by atoms with van der Waals surface area (Å²) >= 11 is 0. The van der Waals surface area contributed by atoms with Crippen molar-refractivity contribution in [1.29, 1.82) is 0 Å². The van der Waals surface area contributed by atoms with Crippen LogP contribution in [0.1, 0.15) is 18.4 Å². The van der Waals surface area contributed by atoms with E-state index in [1.165, 1.54) is 0 Å². The SMILES string of the molecule is Cc1cc(N)ccc1-c1nnnn1CC1CCOCC1. The van der Waals surface area contributed by atoms with Crippen LogP contribution in [0.5, 0.6) is 0 Å². The van der Waals surface area contributed by atoms with Gasteiger partial charge >= 0.3 is 0 Å². The van der Waals surface area contributed by atoms with E-state index in [2.05, 4.69) is 15.5 Å². The van der Waals surface area contributed by atoms with Crippen LogP contribution in [0.2, 0.25) is 0 Å². The molecule has 106 valence electrons. The molecule has 0 atom stereocenters. The molecular formula is C14H19N5O. The monoisotopic (exact) mass is 273 g/mol. The maximum absolute atomic E-state index is 5.80. The van der Waals surface area contributed by atoms with Crippen molar-refractivity contribution in [2.45, 2.75) is 26.3 Å². The molecule has 1 aliphatic heterocycles. The minimum atomic E-state index is 0.583. The number of aromatic nitrogens is 4. The highest BCUT2D eigenvalue weighted by Gasteiger charge is 2.18. The molecule has 0 spiro atoms. The number of ether oxygens (including phenoxy) is 1. The molecule has 2 N–H and O–H groups in total. The molecule has 2 aromatic rings. The molecule has 0 bridgehead atoms. The lowest BCUT2D eigenvalue weighted by atomic mass is 10.0. The van der Waals surface area contributed by atoms with Crippen LogP contribution in [0, 0.1) is 12.8 Å². The highest BCUT2D eigenvalue weighted by Crippen LogP contribution is 2.24. The summed E-state index contributed by atoms with van der Waals surface area (Å²) in [6.45, 7) is 4.54. The molecule has 3 rings (SSSR count). The summed E-state index contributed by atoms with van der Waals surface area (Å²) in [4.78, 5) is 0. The predicted molar refractivity (Wildman–Crippen MR) is 75.9 cm³/mol. The van der Waals surface area contributed by atoms with E-state index in [4.69, 9.17) is 10.5 Å². The Hall–Kier alpha value is -1.95. The summed E-state index contributed by atoms with van der Waals surface area (Å²) in [5.41, 5.74) is 8.68. The molecule has 0 radical (unpaired) electrons. The largest absolute Gasteiger partial charge is 0.399 e. The number of rotatable bonds is 3. The molecule has 6 heteroatoms. The first kappa shape index (κ1) is 13.1. The maximum Gasteiger partial charge on any atom is 0.182 e. The molecule has 0 unspecified atom stereocenters. The smallest absolute Gasteiger partial charge is 0.182 e. The number of nitrogens with two attached hydrogens (primary N) is 1. The van der Waals surface area contributed by atoms with Crippen molar-refractivity contribution >= 4 is 5.69 Å². The van der Waals surface area contributed by atoms with Crippen molar-refractivity contribution in [1.82, 2.24) is 20.2 Å². The standard InChI is InChI=1S/C14H19N5O/c1-10-8-12(15)2-3-13(10)14-16-17-18-19(14)9-11-4-6-20-7-5-11/h2-3,8,11H,4-7,9,15H2,1H3. The lowest BCUT2D eigenvalue weighted by Crippen LogP contribution is -2.21. The summed E-state index contributed by atoms with van der Waals surface area (Å²) in [5.74, 6) is 1.40. The topological polar surface area (TPSA) is 78.9 Å². The van der Waals surface area contributed by atoms with Crippen LogP contribution < -0.4 is 5.73 Å². The van der Waals surface area contributed by atoms with Gasteiger partial charge in [0.1, 0.15) is 0 Å². The van der Waals surface area contributed by atoms with Gasteiger partial charge in [-0.3, -0.25) is 0 Å². The summed E-state index contributed by atoms with van der Waals surface area (Å²) in [6.07, 6.45) is 2.14. The lowest BCUT2D eigenvalue weighted by Gasteiger charge is -2.22.